The van der Waals surface area contributed by atoms with E-state index in [0.29, 0.717) is 0 Å². The van der Waals surface area contributed by atoms with E-state index >= 15 is 0 Å². The minimum absolute atomic E-state index is 1.03. The topological polar surface area (TPSA) is 36.9 Å². The van der Waals surface area contributed by atoms with Gasteiger partial charge in [-0.25, -0.2) is 4.98 Å². The number of benzene rings is 1. The summed E-state index contributed by atoms with van der Waals surface area (Å²) >= 11 is 0. The molecular formula is C19H22N4. The highest BCUT2D eigenvalue weighted by molar-refractivity contribution is 5.90. The molecule has 0 spiro atoms. The number of hydrogen-bond acceptors (Lipinski definition) is 2. The molecule has 0 fully saturated rings. The van der Waals surface area contributed by atoms with E-state index in [0.717, 1.165) is 25.2 Å². The number of likely N-dealkylation sites (N-methyl/N-ethyl adjacent to an activating group) is 1. The van der Waals surface area contributed by atoms with Crippen molar-refractivity contribution in [3.8, 4) is 0 Å². The van der Waals surface area contributed by atoms with E-state index in [9.17, 15) is 0 Å². The van der Waals surface area contributed by atoms with Crippen molar-refractivity contribution >= 4 is 22.7 Å². The minimum Gasteiger partial charge on any atom is -0.345 e. The maximum atomic E-state index is 4.13. The van der Waals surface area contributed by atoms with E-state index in [1.54, 1.807) is 6.33 Å². The first-order chi connectivity index (χ1) is 11.1. The Morgan fingerprint density at radius 1 is 1.35 bits per heavy atom. The Balaban J connectivity index is 1.94. The first kappa shape index (κ1) is 14.3. The molecule has 2 aromatic heterocycles. The second kappa shape index (κ2) is 5.39. The summed E-state index contributed by atoms with van der Waals surface area (Å²) in [5.41, 5.74) is 7.81. The fourth-order valence-corrected chi connectivity index (χ4v) is 3.52. The van der Waals surface area contributed by atoms with Crippen molar-refractivity contribution in [1.82, 2.24) is 19.4 Å². The van der Waals surface area contributed by atoms with Crippen LogP contribution >= 0.6 is 0 Å². The van der Waals surface area contributed by atoms with Crippen LogP contribution in [0.2, 0.25) is 0 Å². The van der Waals surface area contributed by atoms with Crippen molar-refractivity contribution in [3.63, 3.8) is 0 Å². The third kappa shape index (κ3) is 2.39. The summed E-state index contributed by atoms with van der Waals surface area (Å²) in [6.07, 6.45) is 6.94. The smallest absolute Gasteiger partial charge is 0.0924 e. The van der Waals surface area contributed by atoms with Gasteiger partial charge in [0.2, 0.25) is 0 Å². The highest BCUT2D eigenvalue weighted by atomic mass is 15.1. The number of hydrogen-bond donors (Lipinski definition) is 1. The van der Waals surface area contributed by atoms with E-state index in [1.807, 2.05) is 6.20 Å². The minimum atomic E-state index is 1.03. The van der Waals surface area contributed by atoms with Crippen LogP contribution < -0.4 is 0 Å². The quantitative estimate of drug-likeness (QED) is 0.784. The van der Waals surface area contributed by atoms with Crippen LogP contribution in [0.3, 0.4) is 0 Å². The molecule has 1 aliphatic heterocycles. The molecular weight excluding hydrogens is 284 g/mol. The van der Waals surface area contributed by atoms with Crippen LogP contribution in [0.15, 0.2) is 30.7 Å². The molecule has 4 heteroatoms. The molecule has 4 nitrogen and oxygen atoms in total. The van der Waals surface area contributed by atoms with Gasteiger partial charge in [0.1, 0.15) is 0 Å². The SMILES string of the molecule is C/C(=C\n1c2c(c3cc(C)ccc31)CN(C)CC2)c1cnc[nH]1. The number of aryl methyl sites for hydroxylation is 1. The Bertz CT molecular complexity index is 884. The van der Waals surface area contributed by atoms with E-state index in [2.05, 4.69) is 64.7 Å². The summed E-state index contributed by atoms with van der Waals surface area (Å²) < 4.78 is 2.38. The van der Waals surface area contributed by atoms with Crippen LogP contribution in [-0.2, 0) is 13.0 Å². The molecule has 0 atom stereocenters. The van der Waals surface area contributed by atoms with E-state index in [4.69, 9.17) is 0 Å². The summed E-state index contributed by atoms with van der Waals surface area (Å²) in [6.45, 7) is 6.44. The average Bonchev–Trinajstić information content (AvgIpc) is 3.15. The van der Waals surface area contributed by atoms with Crippen LogP contribution in [0.25, 0.3) is 22.7 Å². The van der Waals surface area contributed by atoms with E-state index < -0.39 is 0 Å². The fourth-order valence-electron chi connectivity index (χ4n) is 3.52. The van der Waals surface area contributed by atoms with E-state index in [1.165, 1.54) is 33.3 Å². The molecule has 118 valence electrons. The molecule has 23 heavy (non-hydrogen) atoms. The lowest BCUT2D eigenvalue weighted by Gasteiger charge is -2.23. The van der Waals surface area contributed by atoms with Gasteiger partial charge in [-0.15, -0.1) is 0 Å². The van der Waals surface area contributed by atoms with Gasteiger partial charge in [0.05, 0.1) is 23.7 Å². The van der Waals surface area contributed by atoms with Gasteiger partial charge in [0.15, 0.2) is 0 Å². The molecule has 3 aromatic rings. The lowest BCUT2D eigenvalue weighted by atomic mass is 10.0. The molecule has 0 aliphatic carbocycles. The number of rotatable bonds is 2. The normalized spacial score (nSPS) is 16.0. The number of aromatic nitrogens is 3. The highest BCUT2D eigenvalue weighted by Crippen LogP contribution is 2.32. The Labute approximate surface area is 136 Å². The predicted molar refractivity (Wildman–Crippen MR) is 95.1 cm³/mol. The number of fused-ring (bicyclic) bond motifs is 3. The fraction of sp³-hybridized carbons (Fsp3) is 0.316. The van der Waals surface area contributed by atoms with Gasteiger partial charge < -0.3 is 14.5 Å². The Kier molecular flexibility index (Phi) is 3.34. The Morgan fingerprint density at radius 3 is 3.00 bits per heavy atom. The largest absolute Gasteiger partial charge is 0.345 e. The van der Waals surface area contributed by atoms with Crippen LogP contribution in [-0.4, -0.2) is 33.0 Å². The molecule has 0 unspecified atom stereocenters. The van der Waals surface area contributed by atoms with Crippen LogP contribution in [0.1, 0.15) is 29.4 Å². The molecule has 3 heterocycles. The maximum Gasteiger partial charge on any atom is 0.0924 e. The highest BCUT2D eigenvalue weighted by Gasteiger charge is 2.21. The molecule has 1 aromatic carbocycles. The van der Waals surface area contributed by atoms with Crippen molar-refractivity contribution in [1.29, 1.82) is 0 Å². The zero-order chi connectivity index (χ0) is 16.0. The molecule has 1 aliphatic rings. The lowest BCUT2D eigenvalue weighted by Crippen LogP contribution is -2.26. The van der Waals surface area contributed by atoms with Gasteiger partial charge in [-0.2, -0.15) is 0 Å². The molecule has 0 amide bonds. The summed E-state index contributed by atoms with van der Waals surface area (Å²) in [7, 11) is 2.20. The summed E-state index contributed by atoms with van der Waals surface area (Å²) in [5, 5.41) is 1.39. The number of H-pyrrole nitrogens is 1. The van der Waals surface area contributed by atoms with Gasteiger partial charge in [0.25, 0.3) is 0 Å². The standard InChI is InChI=1S/C19H22N4/c1-13-4-5-18-15(8-13)16-11-22(3)7-6-19(16)23(18)10-14(2)17-9-20-12-21-17/h4-5,8-10,12H,6-7,11H2,1-3H3,(H,20,21)/b14-10+. The molecule has 4 rings (SSSR count). The van der Waals surface area contributed by atoms with Crippen molar-refractivity contribution in [2.45, 2.75) is 26.8 Å². The molecule has 0 saturated carbocycles. The summed E-state index contributed by atoms with van der Waals surface area (Å²) in [6, 6.07) is 6.77. The summed E-state index contributed by atoms with van der Waals surface area (Å²) in [4.78, 5) is 9.73. The van der Waals surface area contributed by atoms with Crippen molar-refractivity contribution in [3.05, 3.63) is 53.2 Å². The van der Waals surface area contributed by atoms with E-state index in [-0.39, 0.29) is 0 Å². The van der Waals surface area contributed by atoms with Gasteiger partial charge in [0, 0.05) is 36.8 Å². The van der Waals surface area contributed by atoms with Crippen LogP contribution in [0.4, 0.5) is 0 Å². The third-order valence-electron chi connectivity index (χ3n) is 4.78. The molecule has 0 saturated heterocycles. The molecule has 0 radical (unpaired) electrons. The van der Waals surface area contributed by atoms with Crippen LogP contribution in [0.5, 0.6) is 0 Å². The summed E-state index contributed by atoms with van der Waals surface area (Å²) in [5.74, 6) is 0. The zero-order valence-electron chi connectivity index (χ0n) is 13.9. The van der Waals surface area contributed by atoms with Gasteiger partial charge in [-0.05, 0) is 44.2 Å². The van der Waals surface area contributed by atoms with Gasteiger partial charge in [-0.3, -0.25) is 0 Å². The Morgan fingerprint density at radius 2 is 2.22 bits per heavy atom. The van der Waals surface area contributed by atoms with Gasteiger partial charge in [-0.1, -0.05) is 11.6 Å². The molecule has 0 bridgehead atoms. The third-order valence-corrected chi connectivity index (χ3v) is 4.78. The first-order valence-corrected chi connectivity index (χ1v) is 8.11. The van der Waals surface area contributed by atoms with Crippen molar-refractivity contribution < 1.29 is 0 Å². The molecule has 1 N–H and O–H groups in total. The zero-order valence-corrected chi connectivity index (χ0v) is 13.9. The average molecular weight is 306 g/mol. The second-order valence-electron chi connectivity index (χ2n) is 6.58. The number of imidazole rings is 1. The Hall–Kier alpha value is -2.33. The van der Waals surface area contributed by atoms with Gasteiger partial charge >= 0.3 is 0 Å². The maximum absolute atomic E-state index is 4.13. The van der Waals surface area contributed by atoms with Crippen molar-refractivity contribution in [2.24, 2.45) is 0 Å². The first-order valence-electron chi connectivity index (χ1n) is 8.11. The van der Waals surface area contributed by atoms with Crippen molar-refractivity contribution in [2.75, 3.05) is 13.6 Å². The number of allylic oxidation sites excluding steroid dienone is 1. The predicted octanol–water partition coefficient (Wildman–Crippen LogP) is 3.68. The van der Waals surface area contributed by atoms with Crippen LogP contribution in [0, 0.1) is 6.92 Å². The second-order valence-corrected chi connectivity index (χ2v) is 6.58. The number of nitrogens with zero attached hydrogens (tertiary/aromatic N) is 3. The lowest BCUT2D eigenvalue weighted by molar-refractivity contribution is 0.312. The monoisotopic (exact) mass is 306 g/mol. The number of aromatic amines is 1. The number of nitrogens with one attached hydrogen (secondary N) is 1.